The van der Waals surface area contributed by atoms with Crippen molar-refractivity contribution in [2.24, 2.45) is 10.9 Å². The van der Waals surface area contributed by atoms with Crippen molar-refractivity contribution in [3.8, 4) is 0 Å². The molecule has 0 aromatic heterocycles. The van der Waals surface area contributed by atoms with Gasteiger partial charge in [-0.05, 0) is 23.9 Å². The third-order valence-corrected chi connectivity index (χ3v) is 3.28. The number of halogens is 3. The summed E-state index contributed by atoms with van der Waals surface area (Å²) in [5.41, 5.74) is -2.27. The quantitative estimate of drug-likeness (QED) is 0.402. The summed E-state index contributed by atoms with van der Waals surface area (Å²) < 4.78 is 36.8. The number of alkyl halides is 3. The first-order valence-corrected chi connectivity index (χ1v) is 6.51. The Labute approximate surface area is 118 Å². The molecule has 0 saturated carbocycles. The van der Waals surface area contributed by atoms with Gasteiger partial charge in [0, 0.05) is 16.0 Å². The van der Waals surface area contributed by atoms with Gasteiger partial charge in [-0.15, -0.1) is 0 Å². The topological polar surface area (TPSA) is 38.4 Å². The van der Waals surface area contributed by atoms with E-state index >= 15 is 0 Å². The molecule has 0 aliphatic rings. The van der Waals surface area contributed by atoms with Crippen molar-refractivity contribution < 1.29 is 13.2 Å². The van der Waals surface area contributed by atoms with Gasteiger partial charge in [0.2, 0.25) is 0 Å². The Kier molecular flexibility index (Phi) is 4.34. The van der Waals surface area contributed by atoms with E-state index in [2.05, 4.69) is 5.10 Å². The molecule has 20 heavy (non-hydrogen) atoms. The van der Waals surface area contributed by atoms with Gasteiger partial charge in [-0.2, -0.15) is 18.3 Å². The van der Waals surface area contributed by atoms with Crippen LogP contribution in [0, 0.1) is 0 Å². The summed E-state index contributed by atoms with van der Waals surface area (Å²) in [4.78, 5) is 0.130. The van der Waals surface area contributed by atoms with Crippen LogP contribution in [0.2, 0.25) is 0 Å². The largest absolute Gasteiger partial charge is 0.446 e. The first-order chi connectivity index (χ1) is 9.49. The molecule has 0 unspecified atom stereocenters. The van der Waals surface area contributed by atoms with Gasteiger partial charge in [-0.25, -0.2) is 0 Å². The molecule has 0 radical (unpaired) electrons. The maximum Gasteiger partial charge on any atom is 0.446 e. The van der Waals surface area contributed by atoms with E-state index in [-0.39, 0.29) is 16.7 Å². The predicted octanol–water partition coefficient (Wildman–Crippen LogP) is 4.01. The van der Waals surface area contributed by atoms with Crippen LogP contribution < -0.4 is 5.84 Å². The lowest BCUT2D eigenvalue weighted by atomic mass is 10.0. The highest BCUT2D eigenvalue weighted by Crippen LogP contribution is 2.36. The maximum atomic E-state index is 12.3. The second kappa shape index (κ2) is 6.00. The average molecular weight is 296 g/mol. The van der Waals surface area contributed by atoms with Crippen molar-refractivity contribution in [2.45, 2.75) is 10.4 Å². The second-order valence-electron chi connectivity index (χ2n) is 3.92. The Morgan fingerprint density at radius 3 is 1.95 bits per heavy atom. The van der Waals surface area contributed by atoms with Gasteiger partial charge in [0.25, 0.3) is 0 Å². The molecule has 0 spiro atoms. The SMILES string of the molecule is N/N=C(\c1ccccc1)c1ccc(SC(F)(F)F)cc1. The fourth-order valence-corrected chi connectivity index (χ4v) is 2.27. The zero-order valence-electron chi connectivity index (χ0n) is 10.3. The number of rotatable bonds is 3. The van der Waals surface area contributed by atoms with Gasteiger partial charge in [0.1, 0.15) is 0 Å². The molecule has 2 rings (SSSR count). The van der Waals surface area contributed by atoms with Gasteiger partial charge in [-0.3, -0.25) is 0 Å². The van der Waals surface area contributed by atoms with E-state index in [0.717, 1.165) is 5.56 Å². The predicted molar refractivity (Wildman–Crippen MR) is 74.6 cm³/mol. The van der Waals surface area contributed by atoms with E-state index in [0.29, 0.717) is 11.3 Å². The molecule has 0 bridgehead atoms. The molecule has 2 N–H and O–H groups in total. The van der Waals surface area contributed by atoms with Gasteiger partial charge >= 0.3 is 5.51 Å². The van der Waals surface area contributed by atoms with Crippen LogP contribution in [0.4, 0.5) is 13.2 Å². The molecule has 0 aliphatic carbocycles. The zero-order chi connectivity index (χ0) is 14.6. The van der Waals surface area contributed by atoms with Crippen molar-refractivity contribution >= 4 is 17.5 Å². The van der Waals surface area contributed by atoms with Crippen molar-refractivity contribution in [1.82, 2.24) is 0 Å². The van der Waals surface area contributed by atoms with E-state index in [1.54, 1.807) is 12.1 Å². The zero-order valence-corrected chi connectivity index (χ0v) is 11.1. The van der Waals surface area contributed by atoms with E-state index in [4.69, 9.17) is 5.84 Å². The molecular formula is C14H11F3N2S. The number of hydrazone groups is 1. The molecule has 2 aromatic carbocycles. The molecule has 0 saturated heterocycles. The van der Waals surface area contributed by atoms with Gasteiger partial charge in [0.15, 0.2) is 0 Å². The minimum absolute atomic E-state index is 0.130. The third-order valence-electron chi connectivity index (χ3n) is 2.54. The standard InChI is InChI=1S/C14H11F3N2S/c15-14(16,17)20-12-8-6-11(7-9-12)13(19-18)10-4-2-1-3-5-10/h1-9H,18H2/b19-13+. The van der Waals surface area contributed by atoms with Crippen molar-refractivity contribution in [3.05, 3.63) is 65.7 Å². The third kappa shape index (κ3) is 3.77. The van der Waals surface area contributed by atoms with Crippen LogP contribution in [0.3, 0.4) is 0 Å². The van der Waals surface area contributed by atoms with Crippen molar-refractivity contribution in [2.75, 3.05) is 0 Å². The van der Waals surface area contributed by atoms with Crippen LogP contribution in [0.25, 0.3) is 0 Å². The van der Waals surface area contributed by atoms with E-state index in [9.17, 15) is 13.2 Å². The highest BCUT2D eigenvalue weighted by molar-refractivity contribution is 8.00. The molecule has 104 valence electrons. The Balaban J connectivity index is 2.25. The summed E-state index contributed by atoms with van der Waals surface area (Å²) in [6.45, 7) is 0. The van der Waals surface area contributed by atoms with E-state index in [1.807, 2.05) is 30.3 Å². The van der Waals surface area contributed by atoms with Crippen molar-refractivity contribution in [3.63, 3.8) is 0 Å². The maximum absolute atomic E-state index is 12.3. The van der Waals surface area contributed by atoms with Crippen LogP contribution in [-0.4, -0.2) is 11.2 Å². The Hall–Kier alpha value is -1.95. The normalized spacial score (nSPS) is 12.4. The van der Waals surface area contributed by atoms with Crippen LogP contribution in [0.5, 0.6) is 0 Å². The Morgan fingerprint density at radius 2 is 1.45 bits per heavy atom. The first kappa shape index (κ1) is 14.5. The molecule has 0 aliphatic heterocycles. The lowest BCUT2D eigenvalue weighted by Crippen LogP contribution is -2.06. The van der Waals surface area contributed by atoms with Gasteiger partial charge in [0.05, 0.1) is 5.71 Å². The molecule has 2 aromatic rings. The van der Waals surface area contributed by atoms with Crippen LogP contribution in [0.1, 0.15) is 11.1 Å². The summed E-state index contributed by atoms with van der Waals surface area (Å²) >= 11 is -0.147. The molecule has 0 atom stereocenters. The average Bonchev–Trinajstić information content (AvgIpc) is 2.41. The fraction of sp³-hybridized carbons (Fsp3) is 0.0714. The minimum Gasteiger partial charge on any atom is -0.323 e. The number of nitrogens with two attached hydrogens (primary N) is 1. The summed E-state index contributed by atoms with van der Waals surface area (Å²) in [6.07, 6.45) is 0. The van der Waals surface area contributed by atoms with Crippen molar-refractivity contribution in [1.29, 1.82) is 0 Å². The molecule has 0 amide bonds. The monoisotopic (exact) mass is 296 g/mol. The summed E-state index contributed by atoms with van der Waals surface area (Å²) in [5.74, 6) is 5.38. The van der Waals surface area contributed by atoms with Crippen LogP contribution >= 0.6 is 11.8 Å². The Bertz CT molecular complexity index is 592. The molecular weight excluding hydrogens is 285 g/mol. The van der Waals surface area contributed by atoms with Gasteiger partial charge < -0.3 is 5.84 Å². The smallest absolute Gasteiger partial charge is 0.323 e. The summed E-state index contributed by atoms with van der Waals surface area (Å²) in [5, 5.41) is 3.72. The number of benzene rings is 2. The lowest BCUT2D eigenvalue weighted by Gasteiger charge is -2.08. The summed E-state index contributed by atoms with van der Waals surface area (Å²) in [6, 6.07) is 15.2. The van der Waals surface area contributed by atoms with Gasteiger partial charge in [-0.1, -0.05) is 42.5 Å². The molecule has 0 fully saturated rings. The lowest BCUT2D eigenvalue weighted by molar-refractivity contribution is -0.0328. The molecule has 2 nitrogen and oxygen atoms in total. The number of hydrogen-bond acceptors (Lipinski definition) is 3. The van der Waals surface area contributed by atoms with E-state index < -0.39 is 5.51 Å². The van der Waals surface area contributed by atoms with E-state index in [1.165, 1.54) is 12.1 Å². The number of hydrogen-bond donors (Lipinski definition) is 1. The van der Waals surface area contributed by atoms with Crippen LogP contribution in [0.15, 0.2) is 64.6 Å². The second-order valence-corrected chi connectivity index (χ2v) is 5.05. The Morgan fingerprint density at radius 1 is 0.900 bits per heavy atom. The highest BCUT2D eigenvalue weighted by Gasteiger charge is 2.29. The number of thioether (sulfide) groups is 1. The summed E-state index contributed by atoms with van der Waals surface area (Å²) in [7, 11) is 0. The molecule has 6 heteroatoms. The fourth-order valence-electron chi connectivity index (χ4n) is 1.73. The number of nitrogens with zero attached hydrogens (tertiary/aromatic N) is 1. The first-order valence-electron chi connectivity index (χ1n) is 5.69. The molecule has 0 heterocycles. The van der Waals surface area contributed by atoms with Crippen LogP contribution in [-0.2, 0) is 0 Å². The highest BCUT2D eigenvalue weighted by atomic mass is 32.2. The minimum atomic E-state index is -4.29.